The number of esters is 1. The van der Waals surface area contributed by atoms with Gasteiger partial charge in [0, 0.05) is 19.8 Å². The highest BCUT2D eigenvalue weighted by Crippen LogP contribution is 2.14. The molecule has 0 heterocycles. The summed E-state index contributed by atoms with van der Waals surface area (Å²) in [6, 6.07) is 0. The predicted octanol–water partition coefficient (Wildman–Crippen LogP) is 1.99. The van der Waals surface area contributed by atoms with Crippen LogP contribution < -0.4 is 0 Å². The Kier molecular flexibility index (Phi) is 8.41. The topological polar surface area (TPSA) is 54.0 Å². The first kappa shape index (κ1) is 16.6. The third-order valence-electron chi connectivity index (χ3n) is 1.99. The quantitative estimate of drug-likeness (QED) is 0.471. The summed E-state index contributed by atoms with van der Waals surface area (Å²) in [6.07, 6.45) is -0.0415. The highest BCUT2D eigenvalue weighted by molar-refractivity contribution is 6.59. The maximum absolute atomic E-state index is 11.3. The lowest BCUT2D eigenvalue weighted by molar-refractivity contribution is -0.145. The summed E-state index contributed by atoms with van der Waals surface area (Å²) in [5.41, 5.74) is 0. The van der Waals surface area contributed by atoms with Crippen LogP contribution in [0.3, 0.4) is 0 Å². The van der Waals surface area contributed by atoms with Crippen LogP contribution in [0.25, 0.3) is 0 Å². The van der Waals surface area contributed by atoms with Gasteiger partial charge in [-0.1, -0.05) is 0 Å². The second-order valence-electron chi connectivity index (χ2n) is 3.67. The summed E-state index contributed by atoms with van der Waals surface area (Å²) in [6.45, 7) is 10.7. The minimum absolute atomic E-state index is 0.219. The molecule has 1 atom stereocenters. The van der Waals surface area contributed by atoms with Crippen LogP contribution in [-0.2, 0) is 22.8 Å². The van der Waals surface area contributed by atoms with Crippen LogP contribution in [0.2, 0.25) is 6.55 Å². The van der Waals surface area contributed by atoms with Crippen molar-refractivity contribution in [1.82, 2.24) is 0 Å². The molecule has 1 unspecified atom stereocenters. The third-order valence-corrected chi connectivity index (χ3v) is 4.44. The van der Waals surface area contributed by atoms with Gasteiger partial charge in [-0.05, 0) is 27.7 Å². The second-order valence-corrected chi connectivity index (χ2v) is 6.20. The molecule has 17 heavy (non-hydrogen) atoms. The molecule has 0 aromatic heterocycles. The molecule has 6 heteroatoms. The van der Waals surface area contributed by atoms with Gasteiger partial charge in [-0.2, -0.15) is 0 Å². The van der Waals surface area contributed by atoms with Crippen LogP contribution in [0.5, 0.6) is 0 Å². The van der Waals surface area contributed by atoms with Crippen LogP contribution >= 0.6 is 0 Å². The average molecular weight is 264 g/mol. The molecule has 0 saturated carbocycles. The molecule has 0 aliphatic carbocycles. The number of hydrogen-bond acceptors (Lipinski definition) is 5. The Hall–Kier alpha value is -0.433. The molecule has 0 aliphatic rings. The largest absolute Gasteiger partial charge is 0.497 e. The number of rotatable bonds is 9. The monoisotopic (exact) mass is 264 g/mol. The van der Waals surface area contributed by atoms with Gasteiger partial charge in [-0.15, -0.1) is 0 Å². The normalized spacial score (nSPS) is 13.5. The maximum atomic E-state index is 11.3. The molecule has 0 rings (SSSR count). The van der Waals surface area contributed by atoms with Gasteiger partial charge in [-0.25, -0.2) is 0 Å². The van der Waals surface area contributed by atoms with Gasteiger partial charge in [0.2, 0.25) is 0 Å². The van der Waals surface area contributed by atoms with Crippen molar-refractivity contribution in [1.29, 1.82) is 0 Å². The van der Waals surface area contributed by atoms with E-state index in [1.807, 2.05) is 27.3 Å². The van der Waals surface area contributed by atoms with E-state index in [0.29, 0.717) is 19.8 Å². The fourth-order valence-electron chi connectivity index (χ4n) is 1.50. The van der Waals surface area contributed by atoms with Gasteiger partial charge in [-0.3, -0.25) is 4.79 Å². The lowest BCUT2D eigenvalue weighted by Gasteiger charge is -2.28. The first-order chi connectivity index (χ1) is 7.97. The molecule has 0 saturated heterocycles. The summed E-state index contributed by atoms with van der Waals surface area (Å²) >= 11 is 0. The molecule has 0 aliphatic heterocycles. The average Bonchev–Trinajstić information content (AvgIpc) is 2.17. The van der Waals surface area contributed by atoms with Crippen molar-refractivity contribution in [3.63, 3.8) is 0 Å². The zero-order valence-corrected chi connectivity index (χ0v) is 12.4. The van der Waals surface area contributed by atoms with E-state index in [1.165, 1.54) is 0 Å². The molecular weight excluding hydrogens is 240 g/mol. The van der Waals surface area contributed by atoms with Crippen LogP contribution in [0.15, 0.2) is 0 Å². The summed E-state index contributed by atoms with van der Waals surface area (Å²) < 4.78 is 21.6. The summed E-state index contributed by atoms with van der Waals surface area (Å²) in [5.74, 6) is -0.260. The van der Waals surface area contributed by atoms with Gasteiger partial charge < -0.3 is 18.0 Å². The minimum atomic E-state index is -2.61. The van der Waals surface area contributed by atoms with Gasteiger partial charge in [0.15, 0.2) is 0 Å². The lowest BCUT2D eigenvalue weighted by atomic mass is 10.3. The first-order valence-corrected chi connectivity index (χ1v) is 8.31. The maximum Gasteiger partial charge on any atom is 0.497 e. The number of ether oxygens (including phenoxy) is 1. The number of carbonyl (C=O) groups excluding carboxylic acids is 1. The molecule has 0 radical (unpaired) electrons. The van der Waals surface area contributed by atoms with Crippen molar-refractivity contribution >= 4 is 14.8 Å². The van der Waals surface area contributed by atoms with Crippen molar-refractivity contribution in [2.45, 2.75) is 46.8 Å². The Morgan fingerprint density at radius 2 is 1.65 bits per heavy atom. The van der Waals surface area contributed by atoms with Gasteiger partial charge in [0.1, 0.15) is 0 Å². The Morgan fingerprint density at radius 3 is 2.06 bits per heavy atom. The molecule has 102 valence electrons. The van der Waals surface area contributed by atoms with E-state index in [2.05, 4.69) is 0 Å². The van der Waals surface area contributed by atoms with Crippen LogP contribution in [0, 0.1) is 0 Å². The molecule has 0 fully saturated rings. The Bertz CT molecular complexity index is 216. The smallest absolute Gasteiger partial charge is 0.466 e. The highest BCUT2D eigenvalue weighted by atomic mass is 28.4. The summed E-state index contributed by atoms with van der Waals surface area (Å²) in [7, 11) is -2.61. The van der Waals surface area contributed by atoms with E-state index in [-0.39, 0.29) is 18.5 Å². The van der Waals surface area contributed by atoms with Crippen LogP contribution in [0.4, 0.5) is 0 Å². The van der Waals surface area contributed by atoms with E-state index in [0.717, 1.165) is 0 Å². The van der Waals surface area contributed by atoms with Crippen molar-refractivity contribution in [2.75, 3.05) is 19.8 Å². The zero-order valence-electron chi connectivity index (χ0n) is 11.4. The predicted molar refractivity (Wildman–Crippen MR) is 66.7 cm³/mol. The molecule has 0 aromatic rings. The molecule has 0 spiro atoms. The van der Waals surface area contributed by atoms with Gasteiger partial charge in [0.05, 0.1) is 19.1 Å². The fraction of sp³-hybridized carbons (Fsp3) is 0.909. The molecule has 0 N–H and O–H groups in total. The highest BCUT2D eigenvalue weighted by Gasteiger charge is 2.36. The van der Waals surface area contributed by atoms with Crippen molar-refractivity contribution < 1.29 is 22.8 Å². The van der Waals surface area contributed by atoms with Crippen LogP contribution in [0.1, 0.15) is 34.1 Å². The summed E-state index contributed by atoms with van der Waals surface area (Å²) in [5, 5.41) is 0. The summed E-state index contributed by atoms with van der Waals surface area (Å²) in [4.78, 5) is 11.3. The van der Waals surface area contributed by atoms with Gasteiger partial charge >= 0.3 is 14.8 Å². The van der Waals surface area contributed by atoms with Crippen LogP contribution in [-0.4, -0.2) is 40.7 Å². The lowest BCUT2D eigenvalue weighted by Crippen LogP contribution is -2.45. The second kappa shape index (κ2) is 8.63. The van der Waals surface area contributed by atoms with E-state index in [9.17, 15) is 4.79 Å². The standard InChI is InChI=1S/C11H24O5Si/c1-6-13-11(12)9-10(4)16-17(5,14-7-2)15-8-3/h10H,6-9H2,1-5H3. The molecule has 0 amide bonds. The van der Waals surface area contributed by atoms with E-state index >= 15 is 0 Å². The first-order valence-electron chi connectivity index (χ1n) is 6.08. The SMILES string of the molecule is CCOC(=O)CC(C)O[Si](C)(OCC)OCC. The Labute approximate surface area is 105 Å². The molecule has 0 aromatic carbocycles. The molecule has 5 nitrogen and oxygen atoms in total. The molecule has 0 bridgehead atoms. The fourth-order valence-corrected chi connectivity index (χ4v) is 3.58. The minimum Gasteiger partial charge on any atom is -0.466 e. The Morgan fingerprint density at radius 1 is 1.12 bits per heavy atom. The van der Waals surface area contributed by atoms with E-state index in [1.54, 1.807) is 6.92 Å². The van der Waals surface area contributed by atoms with E-state index in [4.69, 9.17) is 18.0 Å². The van der Waals surface area contributed by atoms with Gasteiger partial charge in [0.25, 0.3) is 0 Å². The third kappa shape index (κ3) is 7.48. The molecular formula is C11H24O5Si. The number of hydrogen-bond donors (Lipinski definition) is 0. The van der Waals surface area contributed by atoms with Crippen molar-refractivity contribution in [3.8, 4) is 0 Å². The van der Waals surface area contributed by atoms with Crippen molar-refractivity contribution in [3.05, 3.63) is 0 Å². The Balaban J connectivity index is 4.20. The number of carbonyl (C=O) groups is 1. The van der Waals surface area contributed by atoms with Crippen molar-refractivity contribution in [2.24, 2.45) is 0 Å². The van der Waals surface area contributed by atoms with E-state index < -0.39 is 8.80 Å². The zero-order chi connectivity index (χ0) is 13.3.